The van der Waals surface area contributed by atoms with Crippen LogP contribution in [0.3, 0.4) is 0 Å². The van der Waals surface area contributed by atoms with Gasteiger partial charge in [-0.2, -0.15) is 0 Å². The highest BCUT2D eigenvalue weighted by Gasteiger charge is 2.33. The van der Waals surface area contributed by atoms with Crippen molar-refractivity contribution in [1.29, 1.82) is 0 Å². The van der Waals surface area contributed by atoms with Gasteiger partial charge in [0.1, 0.15) is 0 Å². The van der Waals surface area contributed by atoms with Crippen molar-refractivity contribution in [3.05, 3.63) is 0 Å². The van der Waals surface area contributed by atoms with Gasteiger partial charge in [-0.1, -0.05) is 6.92 Å². The maximum Gasteiger partial charge on any atom is 0.0753 e. The molecule has 0 spiro atoms. The smallest absolute Gasteiger partial charge is 0.0753 e. The quantitative estimate of drug-likeness (QED) is 0.772. The Hall–Kier alpha value is -0.120. The van der Waals surface area contributed by atoms with Crippen LogP contribution in [-0.2, 0) is 4.74 Å². The summed E-state index contributed by atoms with van der Waals surface area (Å²) in [6.07, 6.45) is 2.62. The predicted octanol–water partition coefficient (Wildman–Crippen LogP) is 1.49. The van der Waals surface area contributed by atoms with Crippen molar-refractivity contribution in [3.8, 4) is 0 Å². The Morgan fingerprint density at radius 2 is 1.88 bits per heavy atom. The third-order valence-corrected chi connectivity index (χ3v) is 3.92. The molecule has 0 aromatic heterocycles. The molecule has 3 nitrogen and oxygen atoms in total. The van der Waals surface area contributed by atoms with Gasteiger partial charge in [0.2, 0.25) is 0 Å². The number of morpholine rings is 1. The van der Waals surface area contributed by atoms with Crippen molar-refractivity contribution < 1.29 is 4.74 Å². The number of hydrogen-bond donors (Lipinski definition) is 1. The first-order chi connectivity index (χ1) is 7.49. The minimum atomic E-state index is 0.0432. The Morgan fingerprint density at radius 1 is 1.19 bits per heavy atom. The van der Waals surface area contributed by atoms with Gasteiger partial charge in [0.25, 0.3) is 0 Å². The van der Waals surface area contributed by atoms with Gasteiger partial charge in [-0.15, -0.1) is 0 Å². The van der Waals surface area contributed by atoms with E-state index in [9.17, 15) is 0 Å². The molecule has 3 heteroatoms. The molecule has 0 bridgehead atoms. The first-order valence-electron chi connectivity index (χ1n) is 6.56. The second-order valence-corrected chi connectivity index (χ2v) is 6.38. The summed E-state index contributed by atoms with van der Waals surface area (Å²) in [4.78, 5) is 2.59. The van der Waals surface area contributed by atoms with Crippen LogP contribution in [0.5, 0.6) is 0 Å². The molecule has 0 aromatic carbocycles. The molecule has 16 heavy (non-hydrogen) atoms. The Morgan fingerprint density at radius 3 is 2.50 bits per heavy atom. The van der Waals surface area contributed by atoms with Crippen molar-refractivity contribution in [2.24, 2.45) is 5.41 Å². The van der Waals surface area contributed by atoms with Crippen LogP contribution in [0.2, 0.25) is 0 Å². The second-order valence-electron chi connectivity index (χ2n) is 6.38. The molecule has 0 radical (unpaired) electrons. The lowest BCUT2D eigenvalue weighted by atomic mass is 9.80. The fourth-order valence-electron chi connectivity index (χ4n) is 2.98. The van der Waals surface area contributed by atoms with Crippen molar-refractivity contribution in [2.45, 2.75) is 39.2 Å². The number of hydrogen-bond acceptors (Lipinski definition) is 3. The molecule has 0 unspecified atom stereocenters. The van der Waals surface area contributed by atoms with Gasteiger partial charge in [0.05, 0.1) is 12.2 Å². The molecule has 0 saturated carbocycles. The lowest BCUT2D eigenvalue weighted by molar-refractivity contribution is -0.0949. The van der Waals surface area contributed by atoms with Gasteiger partial charge >= 0.3 is 0 Å². The number of rotatable bonds is 2. The van der Waals surface area contributed by atoms with E-state index in [4.69, 9.17) is 4.74 Å². The van der Waals surface area contributed by atoms with E-state index in [1.807, 2.05) is 0 Å². The van der Waals surface area contributed by atoms with E-state index >= 15 is 0 Å². The molecular weight excluding hydrogens is 200 g/mol. The maximum absolute atomic E-state index is 5.76. The highest BCUT2D eigenvalue weighted by molar-refractivity contribution is 4.87. The monoisotopic (exact) mass is 226 g/mol. The van der Waals surface area contributed by atoms with Crippen LogP contribution in [0.15, 0.2) is 0 Å². The number of piperidine rings is 1. The fraction of sp³-hybridized carbons (Fsp3) is 1.00. The molecule has 2 aliphatic heterocycles. The van der Waals surface area contributed by atoms with Crippen LogP contribution in [0.4, 0.5) is 0 Å². The van der Waals surface area contributed by atoms with Gasteiger partial charge < -0.3 is 10.1 Å². The molecule has 1 N–H and O–H groups in total. The molecule has 2 saturated heterocycles. The predicted molar refractivity (Wildman–Crippen MR) is 66.7 cm³/mol. The number of nitrogens with one attached hydrogen (secondary N) is 1. The summed E-state index contributed by atoms with van der Waals surface area (Å²) < 4.78 is 5.76. The summed E-state index contributed by atoms with van der Waals surface area (Å²) in [5, 5.41) is 3.45. The first-order valence-corrected chi connectivity index (χ1v) is 6.56. The number of ether oxygens (including phenoxy) is 1. The highest BCUT2D eigenvalue weighted by atomic mass is 16.5. The Kier molecular flexibility index (Phi) is 3.57. The third kappa shape index (κ3) is 3.19. The van der Waals surface area contributed by atoms with E-state index in [-0.39, 0.29) is 5.60 Å². The zero-order valence-corrected chi connectivity index (χ0v) is 11.0. The van der Waals surface area contributed by atoms with Crippen molar-refractivity contribution in [2.75, 3.05) is 39.3 Å². The van der Waals surface area contributed by atoms with Gasteiger partial charge in [-0.05, 0) is 45.2 Å². The van der Waals surface area contributed by atoms with E-state index < -0.39 is 0 Å². The van der Waals surface area contributed by atoms with E-state index in [1.165, 1.54) is 32.5 Å². The van der Waals surface area contributed by atoms with Crippen LogP contribution in [0.1, 0.15) is 33.6 Å². The molecule has 0 amide bonds. The lowest BCUT2D eigenvalue weighted by Crippen LogP contribution is -2.52. The zero-order chi connectivity index (χ0) is 11.6. The average molecular weight is 226 g/mol. The first kappa shape index (κ1) is 12.3. The zero-order valence-electron chi connectivity index (χ0n) is 11.0. The maximum atomic E-state index is 5.76. The van der Waals surface area contributed by atoms with Crippen LogP contribution in [0, 0.1) is 5.41 Å². The van der Waals surface area contributed by atoms with Crippen LogP contribution >= 0.6 is 0 Å². The Balaban J connectivity index is 1.88. The molecule has 94 valence electrons. The van der Waals surface area contributed by atoms with Crippen molar-refractivity contribution in [3.63, 3.8) is 0 Å². The summed E-state index contributed by atoms with van der Waals surface area (Å²) in [6.45, 7) is 13.5. The van der Waals surface area contributed by atoms with Crippen LogP contribution in [-0.4, -0.2) is 49.8 Å². The highest BCUT2D eigenvalue weighted by Crippen LogP contribution is 2.30. The lowest BCUT2D eigenvalue weighted by Gasteiger charge is -2.44. The number of nitrogens with zero attached hydrogens (tertiary/aromatic N) is 1. The minimum Gasteiger partial charge on any atom is -0.373 e. The van der Waals surface area contributed by atoms with Crippen molar-refractivity contribution >= 4 is 0 Å². The van der Waals surface area contributed by atoms with Gasteiger partial charge in [0.15, 0.2) is 0 Å². The van der Waals surface area contributed by atoms with E-state index in [0.717, 1.165) is 19.7 Å². The molecule has 2 heterocycles. The summed E-state index contributed by atoms with van der Waals surface area (Å²) in [7, 11) is 0. The normalized spacial score (nSPS) is 30.2. The standard InChI is InChI=1S/C13H26N2O/c1-12(2)10-15(8-9-16-12)11-13(3)4-6-14-7-5-13/h14H,4-11H2,1-3H3. The molecule has 0 atom stereocenters. The summed E-state index contributed by atoms with van der Waals surface area (Å²) >= 11 is 0. The summed E-state index contributed by atoms with van der Waals surface area (Å²) in [5.74, 6) is 0. The fourth-order valence-corrected chi connectivity index (χ4v) is 2.98. The Bertz CT molecular complexity index is 234. The van der Waals surface area contributed by atoms with Crippen LogP contribution < -0.4 is 5.32 Å². The minimum absolute atomic E-state index is 0.0432. The van der Waals surface area contributed by atoms with Gasteiger partial charge in [-0.3, -0.25) is 4.90 Å². The van der Waals surface area contributed by atoms with Gasteiger partial charge in [-0.25, -0.2) is 0 Å². The second kappa shape index (κ2) is 4.63. The molecule has 0 aliphatic carbocycles. The van der Waals surface area contributed by atoms with Crippen molar-refractivity contribution in [1.82, 2.24) is 10.2 Å². The van der Waals surface area contributed by atoms with E-state index in [1.54, 1.807) is 0 Å². The van der Waals surface area contributed by atoms with Gasteiger partial charge in [0, 0.05) is 19.6 Å². The largest absolute Gasteiger partial charge is 0.373 e. The Labute approximate surface area is 99.5 Å². The molecular formula is C13H26N2O. The van der Waals surface area contributed by atoms with Crippen LogP contribution in [0.25, 0.3) is 0 Å². The SMILES string of the molecule is CC1(CN2CCOC(C)(C)C2)CCNCC1. The molecule has 2 aliphatic rings. The average Bonchev–Trinajstić information content (AvgIpc) is 2.16. The molecule has 0 aromatic rings. The third-order valence-electron chi connectivity index (χ3n) is 3.92. The van der Waals surface area contributed by atoms with E-state index in [0.29, 0.717) is 5.41 Å². The molecule has 2 fully saturated rings. The van der Waals surface area contributed by atoms with E-state index in [2.05, 4.69) is 31.0 Å². The molecule has 2 rings (SSSR count). The topological polar surface area (TPSA) is 24.5 Å². The summed E-state index contributed by atoms with van der Waals surface area (Å²) in [5.41, 5.74) is 0.556. The summed E-state index contributed by atoms with van der Waals surface area (Å²) in [6, 6.07) is 0.